The third-order valence-corrected chi connectivity index (χ3v) is 4.93. The average molecular weight is 368 g/mol. The molecule has 0 spiro atoms. The molecule has 1 unspecified atom stereocenters. The van der Waals surface area contributed by atoms with Crippen LogP contribution in [0.3, 0.4) is 0 Å². The van der Waals surface area contributed by atoms with E-state index < -0.39 is 6.04 Å². The van der Waals surface area contributed by atoms with Crippen LogP contribution in [0.1, 0.15) is 116 Å². The smallest absolute Gasteiger partial charge is 0.231 e. The summed E-state index contributed by atoms with van der Waals surface area (Å²) in [4.78, 5) is 21.2. The summed E-state index contributed by atoms with van der Waals surface area (Å²) in [6, 6.07) is -0.490. The van der Waals surface area contributed by atoms with Gasteiger partial charge in [-0.05, 0) is 31.8 Å². The number of rotatable bonds is 20. The molecule has 0 aromatic rings. The molecule has 152 valence electrons. The highest BCUT2D eigenvalue weighted by atomic mass is 16.6. The van der Waals surface area contributed by atoms with Crippen LogP contribution in [0.25, 0.3) is 0 Å². The number of carbonyl (C=O) groups is 1. The molecule has 0 aromatic heterocycles. The normalized spacial score (nSPS) is 12.5. The van der Waals surface area contributed by atoms with Gasteiger partial charge in [-0.2, -0.15) is 0 Å². The molecule has 0 bridgehead atoms. The van der Waals surface area contributed by atoms with E-state index in [1.165, 1.54) is 64.2 Å². The second-order valence-electron chi connectivity index (χ2n) is 7.41. The lowest BCUT2D eigenvalue weighted by Crippen LogP contribution is -2.16. The number of nitro groups is 1. The van der Waals surface area contributed by atoms with E-state index in [0.29, 0.717) is 12.8 Å². The van der Waals surface area contributed by atoms with Crippen LogP contribution in [0, 0.1) is 10.1 Å². The van der Waals surface area contributed by atoms with Gasteiger partial charge in [0, 0.05) is 17.8 Å². The van der Waals surface area contributed by atoms with Gasteiger partial charge in [-0.15, -0.1) is 0 Å². The third-order valence-electron chi connectivity index (χ3n) is 4.93. The summed E-state index contributed by atoms with van der Waals surface area (Å²) in [7, 11) is 0. The van der Waals surface area contributed by atoms with E-state index in [-0.39, 0.29) is 4.92 Å². The van der Waals surface area contributed by atoms with Crippen LogP contribution >= 0.6 is 0 Å². The lowest BCUT2D eigenvalue weighted by Gasteiger charge is -2.05. The lowest BCUT2D eigenvalue weighted by molar-refractivity contribution is -0.510. The van der Waals surface area contributed by atoms with Gasteiger partial charge in [0.1, 0.15) is 6.29 Å². The van der Waals surface area contributed by atoms with Crippen LogP contribution in [0.4, 0.5) is 0 Å². The number of unbranched alkanes of at least 4 members (excludes halogenated alkanes) is 14. The Hall–Kier alpha value is -1.19. The first kappa shape index (κ1) is 24.8. The van der Waals surface area contributed by atoms with Crippen molar-refractivity contribution in [3.05, 3.63) is 22.3 Å². The zero-order valence-corrected chi connectivity index (χ0v) is 17.0. The molecule has 0 fully saturated rings. The quantitative estimate of drug-likeness (QED) is 0.0762. The SMILES string of the molecule is CCCCC/C=C/C(CCCCCCCCCCCCCC=O)[N+](=O)[O-]. The van der Waals surface area contributed by atoms with Crippen LogP contribution in [-0.4, -0.2) is 17.3 Å². The Morgan fingerprint density at radius 3 is 1.77 bits per heavy atom. The zero-order chi connectivity index (χ0) is 19.3. The highest BCUT2D eigenvalue weighted by Gasteiger charge is 2.14. The topological polar surface area (TPSA) is 60.2 Å². The van der Waals surface area contributed by atoms with Gasteiger partial charge in [-0.25, -0.2) is 0 Å². The lowest BCUT2D eigenvalue weighted by atomic mass is 10.0. The Bertz CT molecular complexity index is 355. The predicted octanol–water partition coefficient (Wildman–Crippen LogP) is 7.04. The molecule has 0 saturated carbocycles. The second-order valence-corrected chi connectivity index (χ2v) is 7.41. The first-order valence-corrected chi connectivity index (χ1v) is 11.0. The zero-order valence-electron chi connectivity index (χ0n) is 17.0. The predicted molar refractivity (Wildman–Crippen MR) is 110 cm³/mol. The van der Waals surface area contributed by atoms with Crippen molar-refractivity contribution < 1.29 is 9.72 Å². The summed E-state index contributed by atoms with van der Waals surface area (Å²) in [6.45, 7) is 2.17. The molecule has 0 amide bonds. The minimum Gasteiger partial charge on any atom is -0.303 e. The molecule has 0 rings (SSSR count). The molecule has 0 aliphatic rings. The number of carbonyl (C=O) groups excluding carboxylic acids is 1. The second kappa shape index (κ2) is 20.1. The standard InChI is InChI=1S/C22H41NO3/c1-2-3-4-13-16-19-22(23(25)26)20-17-14-11-9-7-5-6-8-10-12-15-18-21-24/h16,19,21-22H,2-15,17-18,20H2,1H3/b19-16+. The van der Waals surface area contributed by atoms with Crippen molar-refractivity contribution in [2.24, 2.45) is 0 Å². The van der Waals surface area contributed by atoms with Gasteiger partial charge in [0.25, 0.3) is 0 Å². The van der Waals surface area contributed by atoms with E-state index in [1.54, 1.807) is 0 Å². The van der Waals surface area contributed by atoms with Crippen LogP contribution in [0.5, 0.6) is 0 Å². The first-order chi connectivity index (χ1) is 12.7. The number of allylic oxidation sites excluding steroid dienone is 1. The van der Waals surface area contributed by atoms with Gasteiger partial charge in [0.2, 0.25) is 6.04 Å². The number of aldehydes is 1. The van der Waals surface area contributed by atoms with Gasteiger partial charge in [-0.1, -0.05) is 83.6 Å². The van der Waals surface area contributed by atoms with Crippen molar-refractivity contribution in [3.8, 4) is 0 Å². The molecule has 0 aliphatic heterocycles. The molecular weight excluding hydrogens is 326 g/mol. The Kier molecular flexibility index (Phi) is 19.2. The van der Waals surface area contributed by atoms with Crippen molar-refractivity contribution in [2.75, 3.05) is 0 Å². The summed E-state index contributed by atoms with van der Waals surface area (Å²) in [5, 5.41) is 11.1. The van der Waals surface area contributed by atoms with Crippen LogP contribution < -0.4 is 0 Å². The van der Waals surface area contributed by atoms with Crippen molar-refractivity contribution in [2.45, 2.75) is 122 Å². The molecule has 4 heteroatoms. The number of hydrogen-bond donors (Lipinski definition) is 0. The molecule has 26 heavy (non-hydrogen) atoms. The van der Waals surface area contributed by atoms with Crippen LogP contribution in [0.15, 0.2) is 12.2 Å². The van der Waals surface area contributed by atoms with E-state index in [4.69, 9.17) is 0 Å². The van der Waals surface area contributed by atoms with Gasteiger partial charge >= 0.3 is 0 Å². The molecule has 1 atom stereocenters. The van der Waals surface area contributed by atoms with E-state index in [0.717, 1.165) is 38.4 Å². The maximum atomic E-state index is 11.1. The molecule has 0 aromatic carbocycles. The Balaban J connectivity index is 3.47. The van der Waals surface area contributed by atoms with E-state index >= 15 is 0 Å². The minimum atomic E-state index is -0.490. The summed E-state index contributed by atoms with van der Waals surface area (Å²) >= 11 is 0. The van der Waals surface area contributed by atoms with Crippen LogP contribution in [-0.2, 0) is 4.79 Å². The van der Waals surface area contributed by atoms with E-state index in [2.05, 4.69) is 6.92 Å². The van der Waals surface area contributed by atoms with Crippen molar-refractivity contribution >= 4 is 6.29 Å². The van der Waals surface area contributed by atoms with Gasteiger partial charge in [0.05, 0.1) is 0 Å². The maximum absolute atomic E-state index is 11.1. The number of nitrogens with zero attached hydrogens (tertiary/aromatic N) is 1. The van der Waals surface area contributed by atoms with Crippen molar-refractivity contribution in [1.82, 2.24) is 0 Å². The highest BCUT2D eigenvalue weighted by molar-refractivity contribution is 5.48. The van der Waals surface area contributed by atoms with Crippen LogP contribution in [0.2, 0.25) is 0 Å². The first-order valence-electron chi connectivity index (χ1n) is 11.0. The summed E-state index contributed by atoms with van der Waals surface area (Å²) in [5.74, 6) is 0. The third kappa shape index (κ3) is 17.6. The van der Waals surface area contributed by atoms with E-state index in [9.17, 15) is 14.9 Å². The summed E-state index contributed by atoms with van der Waals surface area (Å²) < 4.78 is 0. The Morgan fingerprint density at radius 1 is 0.769 bits per heavy atom. The molecule has 0 saturated heterocycles. The van der Waals surface area contributed by atoms with Crippen molar-refractivity contribution in [3.63, 3.8) is 0 Å². The van der Waals surface area contributed by atoms with Gasteiger partial charge in [-0.3, -0.25) is 10.1 Å². The molecule has 4 nitrogen and oxygen atoms in total. The Morgan fingerprint density at radius 2 is 1.27 bits per heavy atom. The highest BCUT2D eigenvalue weighted by Crippen LogP contribution is 2.14. The largest absolute Gasteiger partial charge is 0.303 e. The number of hydrogen-bond acceptors (Lipinski definition) is 3. The van der Waals surface area contributed by atoms with Crippen molar-refractivity contribution in [1.29, 1.82) is 0 Å². The summed E-state index contributed by atoms with van der Waals surface area (Å²) in [5.41, 5.74) is 0. The fraction of sp³-hybridized carbons (Fsp3) is 0.864. The van der Waals surface area contributed by atoms with Gasteiger partial charge in [0.15, 0.2) is 0 Å². The maximum Gasteiger partial charge on any atom is 0.231 e. The Labute approximate surface area is 161 Å². The van der Waals surface area contributed by atoms with Gasteiger partial charge < -0.3 is 4.79 Å². The monoisotopic (exact) mass is 367 g/mol. The fourth-order valence-corrected chi connectivity index (χ4v) is 3.21. The summed E-state index contributed by atoms with van der Waals surface area (Å²) in [6.07, 6.45) is 23.9. The molecule has 0 heterocycles. The molecular formula is C22H41NO3. The van der Waals surface area contributed by atoms with E-state index in [1.807, 2.05) is 12.2 Å². The molecule has 0 N–H and O–H groups in total. The molecule has 0 aliphatic carbocycles. The molecule has 0 radical (unpaired) electrons. The average Bonchev–Trinajstić information content (AvgIpc) is 2.63. The minimum absolute atomic E-state index is 0.134. The fourth-order valence-electron chi connectivity index (χ4n) is 3.21.